The second-order valence-electron chi connectivity index (χ2n) is 4.65. The van der Waals surface area contributed by atoms with Crippen molar-refractivity contribution < 1.29 is 4.74 Å². The monoisotopic (exact) mass is 287 g/mol. The number of ether oxygens (including phenoxy) is 1. The topological polar surface area (TPSA) is 21.3 Å². The quantitative estimate of drug-likeness (QED) is 0.876. The molecule has 18 heavy (non-hydrogen) atoms. The van der Waals surface area contributed by atoms with Crippen LogP contribution in [-0.4, -0.2) is 19.3 Å². The lowest BCUT2D eigenvalue weighted by molar-refractivity contribution is 0.0948. The Balaban J connectivity index is 2.14. The van der Waals surface area contributed by atoms with Gasteiger partial charge in [-0.15, -0.1) is 0 Å². The highest BCUT2D eigenvalue weighted by molar-refractivity contribution is 6.33. The minimum atomic E-state index is 0.212. The Bertz CT molecular complexity index is 391. The van der Waals surface area contributed by atoms with E-state index in [2.05, 4.69) is 12.2 Å². The van der Waals surface area contributed by atoms with Gasteiger partial charge in [-0.3, -0.25) is 0 Å². The van der Waals surface area contributed by atoms with Crippen LogP contribution in [0.4, 0.5) is 0 Å². The second kappa shape index (κ2) is 6.76. The molecule has 0 bridgehead atoms. The number of rotatable bonds is 5. The molecule has 1 N–H and O–H groups in total. The van der Waals surface area contributed by atoms with E-state index in [1.807, 2.05) is 18.2 Å². The molecule has 1 aliphatic heterocycles. The van der Waals surface area contributed by atoms with E-state index >= 15 is 0 Å². The van der Waals surface area contributed by atoms with Gasteiger partial charge in [0.25, 0.3) is 0 Å². The first-order valence-corrected chi connectivity index (χ1v) is 7.26. The lowest BCUT2D eigenvalue weighted by Crippen LogP contribution is -2.25. The zero-order valence-electron chi connectivity index (χ0n) is 10.6. The number of hydrogen-bond acceptors (Lipinski definition) is 2. The Hall–Kier alpha value is -0.280. The largest absolute Gasteiger partial charge is 0.378 e. The van der Waals surface area contributed by atoms with Crippen LogP contribution in [-0.2, 0) is 4.74 Å². The normalized spacial score (nSPS) is 21.2. The van der Waals surface area contributed by atoms with E-state index in [0.717, 1.165) is 48.0 Å². The maximum absolute atomic E-state index is 6.27. The molecule has 1 aliphatic rings. The summed E-state index contributed by atoms with van der Waals surface area (Å²) in [5.74, 6) is 0. The summed E-state index contributed by atoms with van der Waals surface area (Å²) in [6.07, 6.45) is 3.59. The molecular formula is C14H19Cl2NO. The summed E-state index contributed by atoms with van der Waals surface area (Å²) in [5.41, 5.74) is 1.07. The standard InChI is InChI=1S/C14H19Cl2NO/c1-2-17-14(9-11-4-3-7-18-11)12-8-10(15)5-6-13(12)16/h5-6,8,11,14,17H,2-4,7,9H2,1H3. The average molecular weight is 288 g/mol. The molecule has 0 saturated carbocycles. The van der Waals surface area contributed by atoms with E-state index in [1.54, 1.807) is 0 Å². The molecule has 4 heteroatoms. The third-order valence-electron chi connectivity index (χ3n) is 3.31. The number of nitrogens with one attached hydrogen (secondary N) is 1. The first kappa shape index (κ1) is 14.1. The second-order valence-corrected chi connectivity index (χ2v) is 5.49. The van der Waals surface area contributed by atoms with Crippen molar-refractivity contribution in [3.63, 3.8) is 0 Å². The summed E-state index contributed by atoms with van der Waals surface area (Å²) >= 11 is 12.3. The molecule has 0 aliphatic carbocycles. The fourth-order valence-corrected chi connectivity index (χ4v) is 2.87. The van der Waals surface area contributed by atoms with Gasteiger partial charge in [0.2, 0.25) is 0 Å². The lowest BCUT2D eigenvalue weighted by Gasteiger charge is -2.22. The Morgan fingerprint density at radius 2 is 2.28 bits per heavy atom. The van der Waals surface area contributed by atoms with Crippen molar-refractivity contribution in [2.75, 3.05) is 13.2 Å². The molecule has 100 valence electrons. The van der Waals surface area contributed by atoms with E-state index in [-0.39, 0.29) is 6.04 Å². The van der Waals surface area contributed by atoms with Gasteiger partial charge in [-0.05, 0) is 49.6 Å². The molecule has 0 aromatic heterocycles. The van der Waals surface area contributed by atoms with Gasteiger partial charge in [0.05, 0.1) is 6.10 Å². The highest BCUT2D eigenvalue weighted by Crippen LogP contribution is 2.31. The molecule has 1 aromatic rings. The first-order chi connectivity index (χ1) is 8.70. The van der Waals surface area contributed by atoms with Gasteiger partial charge in [0, 0.05) is 22.7 Å². The van der Waals surface area contributed by atoms with Crippen molar-refractivity contribution in [2.24, 2.45) is 0 Å². The minimum Gasteiger partial charge on any atom is -0.378 e. The summed E-state index contributed by atoms with van der Waals surface area (Å²) in [6.45, 7) is 3.88. The van der Waals surface area contributed by atoms with E-state index in [9.17, 15) is 0 Å². The van der Waals surface area contributed by atoms with Crippen molar-refractivity contribution in [2.45, 2.75) is 38.3 Å². The molecule has 1 fully saturated rings. The van der Waals surface area contributed by atoms with Crippen LogP contribution in [0.3, 0.4) is 0 Å². The first-order valence-electron chi connectivity index (χ1n) is 6.50. The SMILES string of the molecule is CCNC(CC1CCCO1)c1cc(Cl)ccc1Cl. The smallest absolute Gasteiger partial charge is 0.0594 e. The van der Waals surface area contributed by atoms with Gasteiger partial charge in [-0.2, -0.15) is 0 Å². The molecule has 2 atom stereocenters. The van der Waals surface area contributed by atoms with Crippen LogP contribution in [0, 0.1) is 0 Å². The van der Waals surface area contributed by atoms with Crippen molar-refractivity contribution >= 4 is 23.2 Å². The van der Waals surface area contributed by atoms with Crippen molar-refractivity contribution in [1.29, 1.82) is 0 Å². The Labute approximate surface area is 119 Å². The summed E-state index contributed by atoms with van der Waals surface area (Å²) < 4.78 is 5.71. The summed E-state index contributed by atoms with van der Waals surface area (Å²) in [6, 6.07) is 5.84. The molecule has 0 spiro atoms. The third-order valence-corrected chi connectivity index (χ3v) is 3.89. The van der Waals surface area contributed by atoms with Gasteiger partial charge < -0.3 is 10.1 Å². The van der Waals surface area contributed by atoms with Crippen LogP contribution >= 0.6 is 23.2 Å². The van der Waals surface area contributed by atoms with Crippen molar-refractivity contribution in [3.8, 4) is 0 Å². The zero-order valence-corrected chi connectivity index (χ0v) is 12.1. The molecule has 1 saturated heterocycles. The van der Waals surface area contributed by atoms with E-state index in [1.165, 1.54) is 0 Å². The third kappa shape index (κ3) is 3.61. The molecule has 0 radical (unpaired) electrons. The fourth-order valence-electron chi connectivity index (χ4n) is 2.44. The van der Waals surface area contributed by atoms with Crippen LogP contribution in [0.2, 0.25) is 10.0 Å². The van der Waals surface area contributed by atoms with Crippen LogP contribution in [0.15, 0.2) is 18.2 Å². The van der Waals surface area contributed by atoms with Gasteiger partial charge in [0.1, 0.15) is 0 Å². The van der Waals surface area contributed by atoms with E-state index in [0.29, 0.717) is 6.10 Å². The maximum atomic E-state index is 6.27. The predicted octanol–water partition coefficient (Wildman–Crippen LogP) is 4.21. The van der Waals surface area contributed by atoms with Gasteiger partial charge in [0.15, 0.2) is 0 Å². The lowest BCUT2D eigenvalue weighted by atomic mass is 9.99. The molecule has 2 nitrogen and oxygen atoms in total. The summed E-state index contributed by atoms with van der Waals surface area (Å²) in [4.78, 5) is 0. The Kier molecular flexibility index (Phi) is 5.31. The zero-order chi connectivity index (χ0) is 13.0. The molecule has 1 heterocycles. The summed E-state index contributed by atoms with van der Waals surface area (Å²) in [7, 11) is 0. The number of benzene rings is 1. The van der Waals surface area contributed by atoms with Crippen molar-refractivity contribution in [3.05, 3.63) is 33.8 Å². The molecule has 1 aromatic carbocycles. The highest BCUT2D eigenvalue weighted by Gasteiger charge is 2.23. The van der Waals surface area contributed by atoms with Gasteiger partial charge in [-0.1, -0.05) is 30.1 Å². The Morgan fingerprint density at radius 1 is 1.44 bits per heavy atom. The van der Waals surface area contributed by atoms with Gasteiger partial charge in [-0.25, -0.2) is 0 Å². The maximum Gasteiger partial charge on any atom is 0.0594 e. The average Bonchev–Trinajstić information content (AvgIpc) is 2.85. The van der Waals surface area contributed by atoms with Gasteiger partial charge >= 0.3 is 0 Å². The molecule has 2 unspecified atom stereocenters. The van der Waals surface area contributed by atoms with Crippen LogP contribution in [0.5, 0.6) is 0 Å². The number of halogens is 2. The van der Waals surface area contributed by atoms with Crippen LogP contribution in [0.25, 0.3) is 0 Å². The number of hydrogen-bond donors (Lipinski definition) is 1. The van der Waals surface area contributed by atoms with Crippen LogP contribution in [0.1, 0.15) is 37.8 Å². The molecule has 2 rings (SSSR count). The Morgan fingerprint density at radius 3 is 2.94 bits per heavy atom. The fraction of sp³-hybridized carbons (Fsp3) is 0.571. The minimum absolute atomic E-state index is 0.212. The molecular weight excluding hydrogens is 269 g/mol. The highest BCUT2D eigenvalue weighted by atomic mass is 35.5. The van der Waals surface area contributed by atoms with E-state index < -0.39 is 0 Å². The molecule has 0 amide bonds. The predicted molar refractivity (Wildman–Crippen MR) is 76.5 cm³/mol. The summed E-state index contributed by atoms with van der Waals surface area (Å²) in [5, 5.41) is 4.96. The van der Waals surface area contributed by atoms with Crippen LogP contribution < -0.4 is 5.32 Å². The van der Waals surface area contributed by atoms with E-state index in [4.69, 9.17) is 27.9 Å². The van der Waals surface area contributed by atoms with Crippen molar-refractivity contribution in [1.82, 2.24) is 5.32 Å².